The van der Waals surface area contributed by atoms with E-state index in [4.69, 9.17) is 0 Å². The predicted octanol–water partition coefficient (Wildman–Crippen LogP) is 0.614. The minimum Gasteiger partial charge on any atom is -0.391 e. The lowest BCUT2D eigenvalue weighted by atomic mass is 9.99. The summed E-state index contributed by atoms with van der Waals surface area (Å²) in [7, 11) is 0. The van der Waals surface area contributed by atoms with Crippen molar-refractivity contribution < 1.29 is 9.90 Å². The second kappa shape index (κ2) is 7.65. The Kier molecular flexibility index (Phi) is 5.34. The van der Waals surface area contributed by atoms with Crippen LogP contribution in [0.15, 0.2) is 24.3 Å². The summed E-state index contributed by atoms with van der Waals surface area (Å²) >= 11 is 0. The van der Waals surface area contributed by atoms with Crippen LogP contribution < -0.4 is 15.5 Å². The molecule has 0 spiro atoms. The van der Waals surface area contributed by atoms with Crippen molar-refractivity contribution in [2.45, 2.75) is 31.4 Å². The largest absolute Gasteiger partial charge is 0.391 e. The lowest BCUT2D eigenvalue weighted by Crippen LogP contribution is -2.45. The molecule has 128 valence electrons. The van der Waals surface area contributed by atoms with Gasteiger partial charge in [-0.3, -0.25) is 4.79 Å². The Labute approximate surface area is 142 Å². The molecule has 24 heavy (non-hydrogen) atoms. The Morgan fingerprint density at radius 2 is 2.08 bits per heavy atom. The number of β-amino-alcohol motifs (C(OH)–C–C–N with tert-alkyl or cyclic N) is 1. The summed E-state index contributed by atoms with van der Waals surface area (Å²) < 4.78 is 0. The van der Waals surface area contributed by atoms with Crippen LogP contribution in [0.5, 0.6) is 0 Å². The summed E-state index contributed by atoms with van der Waals surface area (Å²) in [6.45, 7) is 2.95. The standard InChI is InChI=1S/C18H24N4O2/c19-10-13-3-1-2-4-16(13)22-7-5-15(6-8-22)21-18(24)9-14-11-20-12-17(14)23/h1-4,14-15,17,20,23H,5-9,11-12H2,(H,21,24)/t14-,17-/m1/s1. The molecule has 0 aromatic heterocycles. The molecule has 2 saturated heterocycles. The van der Waals surface area contributed by atoms with Crippen molar-refractivity contribution in [1.82, 2.24) is 10.6 Å². The number of hydrogen-bond acceptors (Lipinski definition) is 5. The summed E-state index contributed by atoms with van der Waals surface area (Å²) in [4.78, 5) is 14.4. The number of benzene rings is 1. The zero-order valence-electron chi connectivity index (χ0n) is 13.7. The summed E-state index contributed by atoms with van der Waals surface area (Å²) in [5.41, 5.74) is 1.67. The molecule has 1 amide bonds. The third kappa shape index (κ3) is 3.86. The van der Waals surface area contributed by atoms with Gasteiger partial charge in [0, 0.05) is 44.6 Å². The molecule has 0 radical (unpaired) electrons. The highest BCUT2D eigenvalue weighted by molar-refractivity contribution is 5.76. The van der Waals surface area contributed by atoms with E-state index in [2.05, 4.69) is 21.6 Å². The van der Waals surface area contributed by atoms with Gasteiger partial charge in [-0.25, -0.2) is 0 Å². The molecule has 0 bridgehead atoms. The van der Waals surface area contributed by atoms with Gasteiger partial charge in [0.25, 0.3) is 0 Å². The van der Waals surface area contributed by atoms with Gasteiger partial charge >= 0.3 is 0 Å². The van der Waals surface area contributed by atoms with Gasteiger partial charge in [-0.1, -0.05) is 12.1 Å². The number of carbonyl (C=O) groups is 1. The van der Waals surface area contributed by atoms with Crippen LogP contribution in [0.2, 0.25) is 0 Å². The molecule has 2 aliphatic rings. The van der Waals surface area contributed by atoms with Crippen molar-refractivity contribution in [1.29, 1.82) is 5.26 Å². The Morgan fingerprint density at radius 3 is 2.75 bits per heavy atom. The van der Waals surface area contributed by atoms with Crippen LogP contribution in [0.25, 0.3) is 0 Å². The molecular weight excluding hydrogens is 304 g/mol. The molecule has 1 aromatic rings. The Balaban J connectivity index is 1.48. The number of aliphatic hydroxyl groups excluding tert-OH is 1. The zero-order chi connectivity index (χ0) is 16.9. The van der Waals surface area contributed by atoms with E-state index in [1.165, 1.54) is 0 Å². The fraction of sp³-hybridized carbons (Fsp3) is 0.556. The summed E-state index contributed by atoms with van der Waals surface area (Å²) in [5, 5.41) is 25.2. The van der Waals surface area contributed by atoms with E-state index in [1.807, 2.05) is 24.3 Å². The molecular formula is C18H24N4O2. The van der Waals surface area contributed by atoms with Gasteiger partial charge in [-0.05, 0) is 25.0 Å². The predicted molar refractivity (Wildman–Crippen MR) is 91.5 cm³/mol. The Bertz CT molecular complexity index is 620. The van der Waals surface area contributed by atoms with E-state index < -0.39 is 6.10 Å². The number of amides is 1. The molecule has 0 aliphatic carbocycles. The van der Waals surface area contributed by atoms with Gasteiger partial charge in [0.2, 0.25) is 5.91 Å². The molecule has 2 fully saturated rings. The average molecular weight is 328 g/mol. The lowest BCUT2D eigenvalue weighted by molar-refractivity contribution is -0.123. The molecule has 3 N–H and O–H groups in total. The minimum absolute atomic E-state index is 0.0209. The molecule has 0 unspecified atom stereocenters. The summed E-state index contributed by atoms with van der Waals surface area (Å²) in [6.07, 6.45) is 1.71. The lowest BCUT2D eigenvalue weighted by Gasteiger charge is -2.34. The second-order valence-electron chi connectivity index (χ2n) is 6.65. The van der Waals surface area contributed by atoms with E-state index in [1.54, 1.807) is 0 Å². The number of nitrogens with zero attached hydrogens (tertiary/aromatic N) is 2. The fourth-order valence-corrected chi connectivity index (χ4v) is 3.56. The smallest absolute Gasteiger partial charge is 0.220 e. The van der Waals surface area contributed by atoms with E-state index in [0.717, 1.165) is 31.6 Å². The average Bonchev–Trinajstić information content (AvgIpc) is 3.00. The highest BCUT2D eigenvalue weighted by Gasteiger charge is 2.28. The van der Waals surface area contributed by atoms with Crippen LogP contribution in [-0.2, 0) is 4.79 Å². The van der Waals surface area contributed by atoms with Crippen LogP contribution >= 0.6 is 0 Å². The minimum atomic E-state index is -0.417. The van der Waals surface area contributed by atoms with Crippen molar-refractivity contribution >= 4 is 11.6 Å². The van der Waals surface area contributed by atoms with Crippen molar-refractivity contribution in [3.63, 3.8) is 0 Å². The van der Waals surface area contributed by atoms with E-state index in [9.17, 15) is 15.2 Å². The number of para-hydroxylation sites is 1. The van der Waals surface area contributed by atoms with Crippen molar-refractivity contribution in [2.24, 2.45) is 5.92 Å². The second-order valence-corrected chi connectivity index (χ2v) is 6.65. The molecule has 6 nitrogen and oxygen atoms in total. The maximum absolute atomic E-state index is 12.2. The van der Waals surface area contributed by atoms with Gasteiger partial charge in [-0.15, -0.1) is 0 Å². The van der Waals surface area contributed by atoms with Gasteiger partial charge < -0.3 is 20.6 Å². The highest BCUT2D eigenvalue weighted by atomic mass is 16.3. The SMILES string of the molecule is N#Cc1ccccc1N1CCC(NC(=O)C[C@@H]2CNC[C@H]2O)CC1. The first-order valence-corrected chi connectivity index (χ1v) is 8.59. The van der Waals surface area contributed by atoms with Crippen molar-refractivity contribution in [2.75, 3.05) is 31.1 Å². The number of nitrogens with one attached hydrogen (secondary N) is 2. The van der Waals surface area contributed by atoms with Gasteiger partial charge in [0.15, 0.2) is 0 Å². The Hall–Kier alpha value is -2.10. The number of piperidine rings is 1. The highest BCUT2D eigenvalue weighted by Crippen LogP contribution is 2.24. The molecule has 6 heteroatoms. The van der Waals surface area contributed by atoms with Crippen LogP contribution in [0.3, 0.4) is 0 Å². The maximum Gasteiger partial charge on any atom is 0.220 e. The van der Waals surface area contributed by atoms with Crippen LogP contribution in [0, 0.1) is 17.2 Å². The van der Waals surface area contributed by atoms with Crippen LogP contribution in [0.4, 0.5) is 5.69 Å². The molecule has 2 aliphatic heterocycles. The number of hydrogen-bond donors (Lipinski definition) is 3. The van der Waals surface area contributed by atoms with E-state index in [-0.39, 0.29) is 17.9 Å². The van der Waals surface area contributed by atoms with Gasteiger partial charge in [0.05, 0.1) is 17.4 Å². The number of anilines is 1. The first-order chi connectivity index (χ1) is 11.7. The number of nitriles is 1. The molecule has 1 aromatic carbocycles. The van der Waals surface area contributed by atoms with E-state index in [0.29, 0.717) is 25.1 Å². The monoisotopic (exact) mass is 328 g/mol. The Morgan fingerprint density at radius 1 is 1.33 bits per heavy atom. The summed E-state index contributed by atoms with van der Waals surface area (Å²) in [5.74, 6) is 0.0474. The zero-order valence-corrected chi connectivity index (χ0v) is 13.7. The molecule has 2 heterocycles. The van der Waals surface area contributed by atoms with Crippen LogP contribution in [0.1, 0.15) is 24.8 Å². The summed E-state index contributed by atoms with van der Waals surface area (Å²) in [6, 6.07) is 10.1. The van der Waals surface area contributed by atoms with Crippen molar-refractivity contribution in [3.05, 3.63) is 29.8 Å². The normalized spacial score (nSPS) is 24.6. The third-order valence-corrected chi connectivity index (χ3v) is 4.98. The first kappa shape index (κ1) is 16.7. The number of rotatable bonds is 4. The number of aliphatic hydroxyl groups is 1. The van der Waals surface area contributed by atoms with Gasteiger partial charge in [0.1, 0.15) is 6.07 Å². The van der Waals surface area contributed by atoms with E-state index >= 15 is 0 Å². The molecule has 0 saturated carbocycles. The van der Waals surface area contributed by atoms with Crippen molar-refractivity contribution in [3.8, 4) is 6.07 Å². The fourth-order valence-electron chi connectivity index (χ4n) is 3.56. The quantitative estimate of drug-likeness (QED) is 0.754. The first-order valence-electron chi connectivity index (χ1n) is 8.59. The molecule has 2 atom stereocenters. The van der Waals surface area contributed by atoms with Crippen LogP contribution in [-0.4, -0.2) is 49.3 Å². The molecule has 3 rings (SSSR count). The topological polar surface area (TPSA) is 88.4 Å². The van der Waals surface area contributed by atoms with Gasteiger partial charge in [-0.2, -0.15) is 5.26 Å². The number of carbonyl (C=O) groups excluding carboxylic acids is 1. The third-order valence-electron chi connectivity index (χ3n) is 4.98. The maximum atomic E-state index is 12.2.